The summed E-state index contributed by atoms with van der Waals surface area (Å²) in [4.78, 5) is 36.1. The molecule has 1 aromatic carbocycles. The molecule has 1 aromatic rings. The van der Waals surface area contributed by atoms with Crippen LogP contribution in [-0.2, 0) is 25.5 Å². The zero-order valence-electron chi connectivity index (χ0n) is 16.2. The summed E-state index contributed by atoms with van der Waals surface area (Å²) in [7, 11) is 0. The Morgan fingerprint density at radius 2 is 2.03 bits per heavy atom. The van der Waals surface area contributed by atoms with Crippen molar-refractivity contribution in [3.8, 4) is 5.75 Å². The van der Waals surface area contributed by atoms with Gasteiger partial charge in [-0.15, -0.1) is 0 Å². The first kappa shape index (κ1) is 21.3. The predicted molar refractivity (Wildman–Crippen MR) is 107 cm³/mol. The van der Waals surface area contributed by atoms with Crippen molar-refractivity contribution in [3.63, 3.8) is 0 Å². The van der Waals surface area contributed by atoms with Gasteiger partial charge in [0.25, 0.3) is 0 Å². The molecule has 10 heteroatoms. The minimum atomic E-state index is -1.51. The van der Waals surface area contributed by atoms with Gasteiger partial charge in [-0.3, -0.25) is 24.6 Å². The average molecular weight is 423 g/mol. The van der Waals surface area contributed by atoms with E-state index >= 15 is 0 Å². The van der Waals surface area contributed by atoms with Crippen LogP contribution < -0.4 is 14.8 Å². The molecule has 2 saturated heterocycles. The number of nitrogens with one attached hydrogen (secondary N) is 2. The smallest absolute Gasteiger partial charge is 0.317 e. The van der Waals surface area contributed by atoms with E-state index in [4.69, 9.17) is 9.29 Å². The molecule has 9 nitrogen and oxygen atoms in total. The van der Waals surface area contributed by atoms with E-state index in [1.807, 2.05) is 17.0 Å². The maximum atomic E-state index is 12.0. The van der Waals surface area contributed by atoms with E-state index in [0.717, 1.165) is 18.4 Å². The van der Waals surface area contributed by atoms with Gasteiger partial charge in [0, 0.05) is 24.4 Å². The first-order valence-corrected chi connectivity index (χ1v) is 11.0. The van der Waals surface area contributed by atoms with Crippen molar-refractivity contribution in [2.75, 3.05) is 31.2 Å². The Labute approximate surface area is 171 Å². The Balaban J connectivity index is 1.73. The number of hydrogen-bond acceptors (Lipinski definition) is 7. The number of carboxylic acids is 1. The maximum Gasteiger partial charge on any atom is 0.317 e. The lowest BCUT2D eigenvalue weighted by Crippen LogP contribution is -2.47. The van der Waals surface area contributed by atoms with Crippen LogP contribution in [0.5, 0.6) is 5.75 Å². The number of imide groups is 1. The summed E-state index contributed by atoms with van der Waals surface area (Å²) < 4.78 is 17.2. The second-order valence-electron chi connectivity index (χ2n) is 7.33. The number of carbonyl (C=O) groups excluding carboxylic acids is 2. The topological polar surface area (TPSA) is 125 Å². The lowest BCUT2D eigenvalue weighted by Gasteiger charge is -2.31. The number of benzene rings is 1. The molecule has 2 aliphatic rings. The fraction of sp³-hybridized carbons (Fsp3) is 0.526. The standard InChI is InChI=1S/C19H25N3O6S/c1-29(27)28-16-10-13(20-15-4-5-17(23)21-19(15)26)2-3-14(16)12-6-8-22(9-7-12)11-18(24)25/h2-3,10,12,15,20H,4-9,11H2,1H3,(H,24,25)(H,21,23,26). The highest BCUT2D eigenvalue weighted by atomic mass is 32.2. The van der Waals surface area contributed by atoms with E-state index in [0.29, 0.717) is 30.9 Å². The third-order valence-corrected chi connectivity index (χ3v) is 5.60. The van der Waals surface area contributed by atoms with Crippen LogP contribution in [0.2, 0.25) is 0 Å². The van der Waals surface area contributed by atoms with Gasteiger partial charge in [-0.25, -0.2) is 4.21 Å². The van der Waals surface area contributed by atoms with Gasteiger partial charge in [0.15, 0.2) is 0 Å². The van der Waals surface area contributed by atoms with Crippen LogP contribution in [0.3, 0.4) is 0 Å². The van der Waals surface area contributed by atoms with Crippen LogP contribution in [0.15, 0.2) is 18.2 Å². The summed E-state index contributed by atoms with van der Waals surface area (Å²) in [6, 6.07) is 4.95. The second-order valence-corrected chi connectivity index (χ2v) is 8.30. The molecule has 2 fully saturated rings. The van der Waals surface area contributed by atoms with Crippen LogP contribution in [-0.4, -0.2) is 63.9 Å². The number of aliphatic carboxylic acids is 1. The number of amides is 2. The number of hydrogen-bond donors (Lipinski definition) is 3. The summed E-state index contributed by atoms with van der Waals surface area (Å²) in [5.41, 5.74) is 1.57. The summed E-state index contributed by atoms with van der Waals surface area (Å²) in [5.74, 6) is -0.818. The number of carbonyl (C=O) groups is 3. The zero-order chi connectivity index (χ0) is 21.0. The van der Waals surface area contributed by atoms with Gasteiger partial charge >= 0.3 is 5.97 Å². The molecular formula is C19H25N3O6S. The quantitative estimate of drug-likeness (QED) is 0.551. The number of nitrogens with zero attached hydrogens (tertiary/aromatic N) is 1. The lowest BCUT2D eigenvalue weighted by atomic mass is 9.88. The highest BCUT2D eigenvalue weighted by Crippen LogP contribution is 2.36. The SMILES string of the molecule is CS(=O)Oc1cc(NC2CCC(=O)NC2=O)ccc1C1CCN(CC(=O)O)CC1. The molecule has 3 rings (SSSR count). The minimum absolute atomic E-state index is 0.0316. The number of carboxylic acid groups (broad SMARTS) is 1. The molecule has 2 aliphatic heterocycles. The minimum Gasteiger partial charge on any atom is -0.480 e. The van der Waals surface area contributed by atoms with E-state index in [1.165, 1.54) is 6.26 Å². The van der Waals surface area contributed by atoms with Gasteiger partial charge in [-0.2, -0.15) is 0 Å². The van der Waals surface area contributed by atoms with Gasteiger partial charge in [0.1, 0.15) is 11.8 Å². The van der Waals surface area contributed by atoms with Crippen molar-refractivity contribution in [1.82, 2.24) is 10.2 Å². The average Bonchev–Trinajstić information content (AvgIpc) is 2.64. The largest absolute Gasteiger partial charge is 0.480 e. The molecule has 29 heavy (non-hydrogen) atoms. The number of piperidine rings is 2. The molecule has 2 heterocycles. The van der Waals surface area contributed by atoms with Crippen molar-refractivity contribution in [3.05, 3.63) is 23.8 Å². The molecule has 0 aliphatic carbocycles. The fourth-order valence-electron chi connectivity index (χ4n) is 3.79. The van der Waals surface area contributed by atoms with Gasteiger partial charge < -0.3 is 14.6 Å². The molecule has 2 amide bonds. The molecule has 3 N–H and O–H groups in total. The van der Waals surface area contributed by atoms with Crippen LogP contribution >= 0.6 is 0 Å². The first-order chi connectivity index (χ1) is 13.8. The van der Waals surface area contributed by atoms with Gasteiger partial charge in [0.2, 0.25) is 22.9 Å². The second kappa shape index (κ2) is 9.36. The van der Waals surface area contributed by atoms with E-state index in [1.54, 1.807) is 6.07 Å². The Morgan fingerprint density at radius 1 is 1.31 bits per heavy atom. The summed E-state index contributed by atoms with van der Waals surface area (Å²) >= 11 is -1.51. The van der Waals surface area contributed by atoms with Crippen LogP contribution in [0.1, 0.15) is 37.2 Å². The zero-order valence-corrected chi connectivity index (χ0v) is 17.0. The molecule has 2 unspecified atom stereocenters. The highest BCUT2D eigenvalue weighted by Gasteiger charge is 2.28. The van der Waals surface area contributed by atoms with E-state index in [-0.39, 0.29) is 30.7 Å². The Morgan fingerprint density at radius 3 is 2.66 bits per heavy atom. The summed E-state index contributed by atoms with van der Waals surface area (Å²) in [6.07, 6.45) is 3.68. The highest BCUT2D eigenvalue weighted by molar-refractivity contribution is 7.79. The van der Waals surface area contributed by atoms with Gasteiger partial charge in [-0.1, -0.05) is 6.07 Å². The molecule has 0 spiro atoms. The van der Waals surface area contributed by atoms with Gasteiger partial charge in [-0.05, 0) is 49.9 Å². The molecule has 0 saturated carbocycles. The van der Waals surface area contributed by atoms with Crippen molar-refractivity contribution in [2.24, 2.45) is 0 Å². The van der Waals surface area contributed by atoms with Crippen molar-refractivity contribution >= 4 is 34.6 Å². The molecule has 0 aromatic heterocycles. The molecule has 0 bridgehead atoms. The van der Waals surface area contributed by atoms with Gasteiger partial charge in [0.05, 0.1) is 6.54 Å². The first-order valence-electron chi connectivity index (χ1n) is 9.52. The molecule has 0 radical (unpaired) electrons. The maximum absolute atomic E-state index is 12.0. The Bertz CT molecular complexity index is 822. The number of anilines is 1. The van der Waals surface area contributed by atoms with E-state index in [9.17, 15) is 18.6 Å². The van der Waals surface area contributed by atoms with Crippen LogP contribution in [0.25, 0.3) is 0 Å². The summed E-state index contributed by atoms with van der Waals surface area (Å²) in [5, 5.41) is 14.4. The van der Waals surface area contributed by atoms with E-state index in [2.05, 4.69) is 10.6 Å². The number of rotatable bonds is 7. The monoisotopic (exact) mass is 423 g/mol. The lowest BCUT2D eigenvalue weighted by molar-refractivity contribution is -0.138. The van der Waals surface area contributed by atoms with Crippen LogP contribution in [0, 0.1) is 0 Å². The van der Waals surface area contributed by atoms with Crippen molar-refractivity contribution in [1.29, 1.82) is 0 Å². The van der Waals surface area contributed by atoms with Crippen molar-refractivity contribution < 1.29 is 27.9 Å². The molecule has 2 atom stereocenters. The molecular weight excluding hydrogens is 398 g/mol. The number of likely N-dealkylation sites (tertiary alicyclic amines) is 1. The van der Waals surface area contributed by atoms with Crippen molar-refractivity contribution in [2.45, 2.75) is 37.6 Å². The Hall–Kier alpha value is -2.46. The van der Waals surface area contributed by atoms with E-state index < -0.39 is 23.1 Å². The normalized spacial score (nSPS) is 22.0. The predicted octanol–water partition coefficient (Wildman–Crippen LogP) is 0.840. The van der Waals surface area contributed by atoms with Crippen LogP contribution in [0.4, 0.5) is 5.69 Å². The third kappa shape index (κ3) is 5.77. The Kier molecular flexibility index (Phi) is 6.86. The fourth-order valence-corrected chi connectivity index (χ4v) is 4.18. The molecule has 158 valence electrons. The summed E-state index contributed by atoms with van der Waals surface area (Å²) in [6.45, 7) is 1.37. The third-order valence-electron chi connectivity index (χ3n) is 5.19.